The third kappa shape index (κ3) is 6.55. The minimum absolute atomic E-state index is 0.158. The van der Waals surface area contributed by atoms with E-state index in [1.54, 1.807) is 11.8 Å². The molecule has 0 heterocycles. The standard InChI is InChI=1S/C24H39NOS/c1-4-6-7-9-14-20(5-2)19-24(17-12-8-13-18-24)23(26)25-21-15-10-11-16-22(21)27-3/h10-11,15-16,20H,4-9,12-14,17-19H2,1-3H3,(H,25,26). The summed E-state index contributed by atoms with van der Waals surface area (Å²) in [6, 6.07) is 8.20. The van der Waals surface area contributed by atoms with Crippen molar-refractivity contribution in [1.29, 1.82) is 0 Å². The molecule has 1 unspecified atom stereocenters. The number of carbonyl (C=O) groups excluding carboxylic acids is 1. The van der Waals surface area contributed by atoms with E-state index in [2.05, 4.69) is 31.5 Å². The fourth-order valence-corrected chi connectivity index (χ4v) is 5.17. The van der Waals surface area contributed by atoms with Crippen molar-refractivity contribution in [3.05, 3.63) is 24.3 Å². The molecular formula is C24H39NOS. The summed E-state index contributed by atoms with van der Waals surface area (Å²) in [5, 5.41) is 3.32. The molecule has 0 aromatic heterocycles. The summed E-state index contributed by atoms with van der Waals surface area (Å²) in [5.41, 5.74) is 0.825. The molecule has 2 nitrogen and oxygen atoms in total. The van der Waals surface area contributed by atoms with Gasteiger partial charge in [-0.3, -0.25) is 4.79 Å². The van der Waals surface area contributed by atoms with Crippen LogP contribution in [0.1, 0.15) is 90.9 Å². The van der Waals surface area contributed by atoms with E-state index in [1.165, 1.54) is 57.8 Å². The normalized spacial score (nSPS) is 17.4. The van der Waals surface area contributed by atoms with Crippen LogP contribution < -0.4 is 5.32 Å². The second-order valence-electron chi connectivity index (χ2n) is 8.32. The molecule has 1 saturated carbocycles. The number of unbranched alkanes of at least 4 members (excludes halogenated alkanes) is 3. The van der Waals surface area contributed by atoms with Crippen LogP contribution in [0.25, 0.3) is 0 Å². The van der Waals surface area contributed by atoms with Crippen LogP contribution in [-0.4, -0.2) is 12.2 Å². The second-order valence-corrected chi connectivity index (χ2v) is 9.17. The Balaban J connectivity index is 2.08. The Kier molecular flexibility index (Phi) is 9.75. The molecule has 1 fully saturated rings. The molecule has 1 atom stereocenters. The van der Waals surface area contributed by atoms with Gasteiger partial charge in [-0.05, 0) is 43.6 Å². The Morgan fingerprint density at radius 2 is 1.85 bits per heavy atom. The topological polar surface area (TPSA) is 29.1 Å². The van der Waals surface area contributed by atoms with Crippen molar-refractivity contribution in [2.45, 2.75) is 95.8 Å². The zero-order chi connectivity index (χ0) is 19.5. The minimum atomic E-state index is -0.158. The van der Waals surface area contributed by atoms with Gasteiger partial charge in [-0.2, -0.15) is 0 Å². The third-order valence-electron chi connectivity index (χ3n) is 6.37. The number of amides is 1. The summed E-state index contributed by atoms with van der Waals surface area (Å²) in [4.78, 5) is 14.6. The quantitative estimate of drug-likeness (QED) is 0.310. The third-order valence-corrected chi connectivity index (χ3v) is 7.17. The Labute approximate surface area is 171 Å². The van der Waals surface area contributed by atoms with Gasteiger partial charge in [0.15, 0.2) is 0 Å². The Morgan fingerprint density at radius 3 is 2.52 bits per heavy atom. The summed E-state index contributed by atoms with van der Waals surface area (Å²) in [6.07, 6.45) is 16.7. The van der Waals surface area contributed by atoms with Gasteiger partial charge in [-0.25, -0.2) is 0 Å². The molecule has 1 N–H and O–H groups in total. The number of hydrogen-bond donors (Lipinski definition) is 1. The molecule has 1 aliphatic carbocycles. The molecule has 1 aromatic carbocycles. The van der Waals surface area contributed by atoms with E-state index in [4.69, 9.17) is 0 Å². The molecule has 0 spiro atoms. The summed E-state index contributed by atoms with van der Waals surface area (Å²) < 4.78 is 0. The summed E-state index contributed by atoms with van der Waals surface area (Å²) in [6.45, 7) is 4.58. The lowest BCUT2D eigenvalue weighted by Gasteiger charge is -2.38. The zero-order valence-corrected chi connectivity index (χ0v) is 18.5. The Hall–Kier alpha value is -0.960. The lowest BCUT2D eigenvalue weighted by atomic mass is 9.67. The number of para-hydroxylation sites is 1. The molecule has 152 valence electrons. The molecule has 27 heavy (non-hydrogen) atoms. The second kappa shape index (κ2) is 11.8. The van der Waals surface area contributed by atoms with Crippen LogP contribution in [0.15, 0.2) is 29.2 Å². The van der Waals surface area contributed by atoms with Gasteiger partial charge in [0.05, 0.1) is 5.69 Å². The largest absolute Gasteiger partial charge is 0.325 e. The molecule has 0 bridgehead atoms. The molecule has 0 saturated heterocycles. The average Bonchev–Trinajstić information content (AvgIpc) is 2.71. The molecule has 1 amide bonds. The first kappa shape index (κ1) is 22.3. The van der Waals surface area contributed by atoms with E-state index in [1.807, 2.05) is 18.2 Å². The number of nitrogens with one attached hydrogen (secondary N) is 1. The number of thioether (sulfide) groups is 1. The van der Waals surface area contributed by atoms with Gasteiger partial charge in [0.25, 0.3) is 0 Å². The van der Waals surface area contributed by atoms with E-state index in [-0.39, 0.29) is 11.3 Å². The van der Waals surface area contributed by atoms with Crippen molar-refractivity contribution in [1.82, 2.24) is 0 Å². The highest BCUT2D eigenvalue weighted by molar-refractivity contribution is 7.98. The molecule has 0 radical (unpaired) electrons. The average molecular weight is 390 g/mol. The fraction of sp³-hybridized carbons (Fsp3) is 0.708. The van der Waals surface area contributed by atoms with Crippen molar-refractivity contribution in [2.75, 3.05) is 11.6 Å². The fourth-order valence-electron chi connectivity index (χ4n) is 4.62. The molecular weight excluding hydrogens is 350 g/mol. The first-order chi connectivity index (χ1) is 13.1. The van der Waals surface area contributed by atoms with E-state index in [0.29, 0.717) is 5.92 Å². The van der Waals surface area contributed by atoms with Crippen molar-refractivity contribution >= 4 is 23.4 Å². The van der Waals surface area contributed by atoms with Crippen molar-refractivity contribution < 1.29 is 4.79 Å². The van der Waals surface area contributed by atoms with Gasteiger partial charge in [0, 0.05) is 10.3 Å². The van der Waals surface area contributed by atoms with E-state index >= 15 is 0 Å². The number of hydrogen-bond acceptors (Lipinski definition) is 2. The predicted molar refractivity (Wildman–Crippen MR) is 120 cm³/mol. The van der Waals surface area contributed by atoms with Gasteiger partial charge in [0.2, 0.25) is 5.91 Å². The number of carbonyl (C=O) groups is 1. The lowest BCUT2D eigenvalue weighted by molar-refractivity contribution is -0.128. The van der Waals surface area contributed by atoms with Crippen LogP contribution in [0, 0.1) is 11.3 Å². The highest BCUT2D eigenvalue weighted by Gasteiger charge is 2.40. The molecule has 2 rings (SSSR count). The Bertz CT molecular complexity index is 565. The number of rotatable bonds is 11. The molecule has 1 aliphatic rings. The smallest absolute Gasteiger partial charge is 0.230 e. The molecule has 1 aromatic rings. The Morgan fingerprint density at radius 1 is 1.11 bits per heavy atom. The SMILES string of the molecule is CCCCCCC(CC)CC1(C(=O)Nc2ccccc2SC)CCCCC1. The number of anilines is 1. The summed E-state index contributed by atoms with van der Waals surface area (Å²) in [7, 11) is 0. The maximum absolute atomic E-state index is 13.5. The van der Waals surface area contributed by atoms with Gasteiger partial charge < -0.3 is 5.32 Å². The monoisotopic (exact) mass is 389 g/mol. The predicted octanol–water partition coefficient (Wildman–Crippen LogP) is 7.68. The van der Waals surface area contributed by atoms with Crippen LogP contribution in [-0.2, 0) is 4.79 Å². The van der Waals surface area contributed by atoms with E-state index in [0.717, 1.165) is 29.8 Å². The lowest BCUT2D eigenvalue weighted by Crippen LogP contribution is -2.39. The van der Waals surface area contributed by atoms with Gasteiger partial charge >= 0.3 is 0 Å². The molecule has 3 heteroatoms. The van der Waals surface area contributed by atoms with Crippen molar-refractivity contribution in [2.24, 2.45) is 11.3 Å². The maximum atomic E-state index is 13.5. The van der Waals surface area contributed by atoms with Crippen molar-refractivity contribution in [3.8, 4) is 0 Å². The van der Waals surface area contributed by atoms with E-state index < -0.39 is 0 Å². The van der Waals surface area contributed by atoms with Crippen LogP contribution in [0.3, 0.4) is 0 Å². The van der Waals surface area contributed by atoms with Crippen LogP contribution in [0.5, 0.6) is 0 Å². The van der Waals surface area contributed by atoms with Crippen molar-refractivity contribution in [3.63, 3.8) is 0 Å². The van der Waals surface area contributed by atoms with Crippen LogP contribution >= 0.6 is 11.8 Å². The highest BCUT2D eigenvalue weighted by Crippen LogP contribution is 2.44. The maximum Gasteiger partial charge on any atom is 0.230 e. The van der Waals surface area contributed by atoms with Gasteiger partial charge in [-0.1, -0.05) is 83.8 Å². The van der Waals surface area contributed by atoms with Gasteiger partial charge in [-0.15, -0.1) is 11.8 Å². The highest BCUT2D eigenvalue weighted by atomic mass is 32.2. The molecule has 0 aliphatic heterocycles. The van der Waals surface area contributed by atoms with Crippen LogP contribution in [0.2, 0.25) is 0 Å². The summed E-state index contributed by atoms with van der Waals surface area (Å²) >= 11 is 1.70. The first-order valence-electron chi connectivity index (χ1n) is 11.1. The zero-order valence-electron chi connectivity index (χ0n) is 17.7. The number of benzene rings is 1. The van der Waals surface area contributed by atoms with Crippen LogP contribution in [0.4, 0.5) is 5.69 Å². The first-order valence-corrected chi connectivity index (χ1v) is 12.3. The van der Waals surface area contributed by atoms with E-state index in [9.17, 15) is 4.79 Å². The summed E-state index contributed by atoms with van der Waals surface area (Å²) in [5.74, 6) is 0.956. The minimum Gasteiger partial charge on any atom is -0.325 e. The van der Waals surface area contributed by atoms with Gasteiger partial charge in [0.1, 0.15) is 0 Å².